The van der Waals surface area contributed by atoms with E-state index >= 15 is 0 Å². The van der Waals surface area contributed by atoms with Crippen LogP contribution < -0.4 is 5.32 Å². The first-order valence-electron chi connectivity index (χ1n) is 3.51. The number of hydrogen-bond acceptors (Lipinski definition) is 4. The Balaban J connectivity index is 2.64. The van der Waals surface area contributed by atoms with Crippen molar-refractivity contribution in [2.24, 2.45) is 0 Å². The normalized spacial score (nSPS) is 18.9. The van der Waals surface area contributed by atoms with E-state index in [9.17, 15) is 10.1 Å². The molecule has 5 nitrogen and oxygen atoms in total. The zero-order valence-corrected chi connectivity index (χ0v) is 6.49. The topological polar surface area (TPSA) is 58.4 Å². The van der Waals surface area contributed by atoms with Crippen LogP contribution in [0.3, 0.4) is 0 Å². The summed E-state index contributed by atoms with van der Waals surface area (Å²) in [5.74, 6) is 2.93. The van der Waals surface area contributed by atoms with E-state index in [4.69, 9.17) is 6.42 Å². The van der Waals surface area contributed by atoms with Crippen LogP contribution in [0, 0.1) is 22.5 Å². The lowest BCUT2D eigenvalue weighted by Gasteiger charge is -2.12. The van der Waals surface area contributed by atoms with E-state index in [1.165, 1.54) is 0 Å². The van der Waals surface area contributed by atoms with Crippen LogP contribution in [0.2, 0.25) is 0 Å². The lowest BCUT2D eigenvalue weighted by Crippen LogP contribution is -2.21. The summed E-state index contributed by atoms with van der Waals surface area (Å²) in [5, 5.41) is 13.0. The summed E-state index contributed by atoms with van der Waals surface area (Å²) in [6.07, 6.45) is 6.02. The van der Waals surface area contributed by atoms with Gasteiger partial charge in [-0.15, -0.1) is 6.42 Å². The van der Waals surface area contributed by atoms with Gasteiger partial charge in [0, 0.05) is 13.1 Å². The van der Waals surface area contributed by atoms with Gasteiger partial charge in [0.15, 0.2) is 5.82 Å². The lowest BCUT2D eigenvalue weighted by molar-refractivity contribution is -0.404. The zero-order chi connectivity index (χ0) is 8.97. The molecule has 1 fully saturated rings. The average Bonchev–Trinajstić information content (AvgIpc) is 2.37. The van der Waals surface area contributed by atoms with Gasteiger partial charge in [0.05, 0.1) is 11.5 Å². The number of nitrogens with one attached hydrogen (secondary N) is 1. The van der Waals surface area contributed by atoms with E-state index in [2.05, 4.69) is 11.2 Å². The standard InChI is InChI=1S/C7H9N3O2/c1-2-4-9-5-3-8-7(9)6-10(11)12/h1,6,8H,3-5H2/b7-6+. The summed E-state index contributed by atoms with van der Waals surface area (Å²) >= 11 is 0. The van der Waals surface area contributed by atoms with Crippen LogP contribution in [-0.4, -0.2) is 29.5 Å². The van der Waals surface area contributed by atoms with Crippen molar-refractivity contribution in [1.82, 2.24) is 10.2 Å². The molecule has 1 N–H and O–H groups in total. The second kappa shape index (κ2) is 3.62. The van der Waals surface area contributed by atoms with Crippen molar-refractivity contribution in [1.29, 1.82) is 0 Å². The second-order valence-electron chi connectivity index (χ2n) is 2.35. The minimum absolute atomic E-state index is 0.409. The monoisotopic (exact) mass is 167 g/mol. The van der Waals surface area contributed by atoms with Crippen LogP contribution in [0.5, 0.6) is 0 Å². The molecule has 0 atom stereocenters. The van der Waals surface area contributed by atoms with Gasteiger partial charge in [-0.2, -0.15) is 0 Å². The maximum Gasteiger partial charge on any atom is 0.274 e. The molecule has 1 saturated heterocycles. The fourth-order valence-electron chi connectivity index (χ4n) is 1.05. The van der Waals surface area contributed by atoms with Crippen molar-refractivity contribution in [3.05, 3.63) is 22.1 Å². The summed E-state index contributed by atoms with van der Waals surface area (Å²) in [4.78, 5) is 11.4. The Bertz CT molecular complexity index is 254. The molecule has 1 aliphatic rings. The largest absolute Gasteiger partial charge is 0.365 e. The van der Waals surface area contributed by atoms with Gasteiger partial charge >= 0.3 is 0 Å². The second-order valence-corrected chi connectivity index (χ2v) is 2.35. The molecule has 0 saturated carbocycles. The zero-order valence-electron chi connectivity index (χ0n) is 6.49. The van der Waals surface area contributed by atoms with Crippen molar-refractivity contribution in [2.75, 3.05) is 19.6 Å². The number of rotatable bonds is 2. The summed E-state index contributed by atoms with van der Waals surface area (Å²) in [6.45, 7) is 1.85. The van der Waals surface area contributed by atoms with E-state index in [0.717, 1.165) is 12.7 Å². The van der Waals surface area contributed by atoms with Gasteiger partial charge in [0.1, 0.15) is 0 Å². The van der Waals surface area contributed by atoms with Crippen LogP contribution >= 0.6 is 0 Å². The molecular formula is C7H9N3O2. The van der Waals surface area contributed by atoms with E-state index in [0.29, 0.717) is 18.9 Å². The van der Waals surface area contributed by atoms with E-state index < -0.39 is 4.92 Å². The molecule has 0 aromatic carbocycles. The Morgan fingerprint density at radius 3 is 3.25 bits per heavy atom. The van der Waals surface area contributed by atoms with Crippen LogP contribution in [-0.2, 0) is 0 Å². The van der Waals surface area contributed by atoms with Gasteiger partial charge in [-0.05, 0) is 0 Å². The van der Waals surface area contributed by atoms with Crippen LogP contribution in [0.4, 0.5) is 0 Å². The van der Waals surface area contributed by atoms with Crippen molar-refractivity contribution >= 4 is 0 Å². The SMILES string of the molecule is C#CCN1CCN/C1=C\[N+](=O)[O-]. The van der Waals surface area contributed by atoms with Gasteiger partial charge < -0.3 is 10.2 Å². The molecule has 0 aliphatic carbocycles. The highest BCUT2D eigenvalue weighted by molar-refractivity contribution is 5.04. The molecule has 0 radical (unpaired) electrons. The van der Waals surface area contributed by atoms with E-state index in [1.54, 1.807) is 4.90 Å². The summed E-state index contributed by atoms with van der Waals surface area (Å²) in [7, 11) is 0. The molecule has 1 aliphatic heterocycles. The van der Waals surface area contributed by atoms with Gasteiger partial charge in [0.25, 0.3) is 6.20 Å². The Hall–Kier alpha value is -1.70. The minimum atomic E-state index is -0.489. The molecule has 64 valence electrons. The third-order valence-corrected chi connectivity index (χ3v) is 1.54. The fraction of sp³-hybridized carbons (Fsp3) is 0.429. The lowest BCUT2D eigenvalue weighted by atomic mass is 10.5. The van der Waals surface area contributed by atoms with Crippen molar-refractivity contribution in [2.45, 2.75) is 0 Å². The van der Waals surface area contributed by atoms with Crippen LogP contribution in [0.1, 0.15) is 0 Å². The molecule has 0 bridgehead atoms. The Morgan fingerprint density at radius 1 is 1.92 bits per heavy atom. The Labute approximate surface area is 70.2 Å². The Kier molecular flexibility index (Phi) is 2.53. The Morgan fingerprint density at radius 2 is 2.67 bits per heavy atom. The first-order valence-corrected chi connectivity index (χ1v) is 3.51. The molecule has 0 spiro atoms. The molecule has 0 amide bonds. The van der Waals surface area contributed by atoms with Gasteiger partial charge in [0.2, 0.25) is 0 Å². The fourth-order valence-corrected chi connectivity index (χ4v) is 1.05. The first-order chi connectivity index (χ1) is 5.74. The molecule has 1 heterocycles. The van der Waals surface area contributed by atoms with E-state index in [-0.39, 0.29) is 0 Å². The highest BCUT2D eigenvalue weighted by atomic mass is 16.6. The molecule has 0 aromatic rings. The van der Waals surface area contributed by atoms with Gasteiger partial charge in [-0.3, -0.25) is 10.1 Å². The molecular weight excluding hydrogens is 158 g/mol. The molecule has 0 unspecified atom stereocenters. The van der Waals surface area contributed by atoms with Crippen molar-refractivity contribution in [3.63, 3.8) is 0 Å². The summed E-state index contributed by atoms with van der Waals surface area (Å²) < 4.78 is 0. The summed E-state index contributed by atoms with van der Waals surface area (Å²) in [6, 6.07) is 0. The number of terminal acetylenes is 1. The van der Waals surface area contributed by atoms with Gasteiger partial charge in [-0.1, -0.05) is 5.92 Å². The maximum atomic E-state index is 10.1. The third-order valence-electron chi connectivity index (χ3n) is 1.54. The van der Waals surface area contributed by atoms with Crippen molar-refractivity contribution < 1.29 is 4.92 Å². The highest BCUT2D eigenvalue weighted by Crippen LogP contribution is 2.05. The molecule has 0 aromatic heterocycles. The predicted molar refractivity (Wildman–Crippen MR) is 43.5 cm³/mol. The molecule has 1 rings (SSSR count). The molecule has 5 heteroatoms. The minimum Gasteiger partial charge on any atom is -0.365 e. The highest BCUT2D eigenvalue weighted by Gasteiger charge is 2.17. The average molecular weight is 167 g/mol. The molecule has 12 heavy (non-hydrogen) atoms. The smallest absolute Gasteiger partial charge is 0.274 e. The number of hydrogen-bond donors (Lipinski definition) is 1. The number of nitrogens with zero attached hydrogens (tertiary/aromatic N) is 2. The van der Waals surface area contributed by atoms with E-state index in [1.807, 2.05) is 0 Å². The van der Waals surface area contributed by atoms with Crippen molar-refractivity contribution in [3.8, 4) is 12.3 Å². The third kappa shape index (κ3) is 1.89. The predicted octanol–water partition coefficient (Wildman–Crippen LogP) is -0.400. The van der Waals surface area contributed by atoms with Crippen LogP contribution in [0.15, 0.2) is 12.0 Å². The number of nitro groups is 1. The van der Waals surface area contributed by atoms with Gasteiger partial charge in [-0.25, -0.2) is 0 Å². The maximum absolute atomic E-state index is 10.1. The summed E-state index contributed by atoms with van der Waals surface area (Å²) in [5.41, 5.74) is 0. The van der Waals surface area contributed by atoms with Crippen LogP contribution in [0.25, 0.3) is 0 Å². The first kappa shape index (κ1) is 8.40. The quantitative estimate of drug-likeness (QED) is 0.345.